The Morgan fingerprint density at radius 1 is 1.33 bits per heavy atom. The smallest absolute Gasteiger partial charge is 0.271 e. The Balaban J connectivity index is 1.66. The van der Waals surface area contributed by atoms with E-state index in [2.05, 4.69) is 10.3 Å². The summed E-state index contributed by atoms with van der Waals surface area (Å²) < 4.78 is 7.50. The monoisotopic (exact) mass is 384 g/mol. The number of carbonyl (C=O) groups is 2. The first kappa shape index (κ1) is 17.2. The van der Waals surface area contributed by atoms with Crippen LogP contribution in [-0.2, 0) is 16.1 Å². The zero-order valence-electron chi connectivity index (χ0n) is 14.4. The Hall–Kier alpha value is -3.20. The van der Waals surface area contributed by atoms with Crippen LogP contribution in [0.2, 0.25) is 0 Å². The van der Waals surface area contributed by atoms with Crippen LogP contribution < -0.4 is 20.5 Å². The Morgan fingerprint density at radius 3 is 2.96 bits per heavy atom. The molecule has 3 heterocycles. The summed E-state index contributed by atoms with van der Waals surface area (Å²) in [5, 5.41) is 4.32. The van der Waals surface area contributed by atoms with E-state index in [4.69, 9.17) is 4.74 Å². The van der Waals surface area contributed by atoms with Gasteiger partial charge in [0, 0.05) is 7.05 Å². The fourth-order valence-corrected chi connectivity index (χ4v) is 3.78. The maximum Gasteiger partial charge on any atom is 0.271 e. The third kappa shape index (κ3) is 3.06. The van der Waals surface area contributed by atoms with E-state index in [1.165, 1.54) is 34.2 Å². The van der Waals surface area contributed by atoms with Crippen molar-refractivity contribution in [2.75, 3.05) is 18.5 Å². The Bertz CT molecular complexity index is 1090. The lowest BCUT2D eigenvalue weighted by Crippen LogP contribution is -2.51. The normalized spacial score (nSPS) is 15.9. The van der Waals surface area contributed by atoms with Crippen LogP contribution in [0.1, 0.15) is 0 Å². The molecule has 0 saturated carbocycles. The SMILES string of the molecule is CNC(=O)[C@@H]1CN(C(=O)Cn2cnc3ccsc3c2=O)c2ccccc2O1. The highest BCUT2D eigenvalue weighted by atomic mass is 32.1. The average molecular weight is 384 g/mol. The topological polar surface area (TPSA) is 93.5 Å². The van der Waals surface area contributed by atoms with Crippen molar-refractivity contribution in [1.29, 1.82) is 0 Å². The second kappa shape index (κ2) is 6.84. The molecule has 0 aliphatic carbocycles. The Labute approximate surface area is 158 Å². The molecule has 0 saturated heterocycles. The number of benzene rings is 1. The highest BCUT2D eigenvalue weighted by molar-refractivity contribution is 7.17. The summed E-state index contributed by atoms with van der Waals surface area (Å²) in [6, 6.07) is 8.77. The van der Waals surface area contributed by atoms with Crippen molar-refractivity contribution < 1.29 is 14.3 Å². The van der Waals surface area contributed by atoms with E-state index in [9.17, 15) is 14.4 Å². The molecule has 0 unspecified atom stereocenters. The van der Waals surface area contributed by atoms with E-state index in [1.807, 2.05) is 0 Å². The van der Waals surface area contributed by atoms with Gasteiger partial charge in [0.15, 0.2) is 6.10 Å². The second-order valence-electron chi connectivity index (χ2n) is 6.01. The van der Waals surface area contributed by atoms with Gasteiger partial charge in [0.1, 0.15) is 17.0 Å². The van der Waals surface area contributed by atoms with Crippen molar-refractivity contribution in [2.24, 2.45) is 0 Å². The van der Waals surface area contributed by atoms with Gasteiger partial charge in [-0.3, -0.25) is 19.0 Å². The number of ether oxygens (including phenoxy) is 1. The van der Waals surface area contributed by atoms with E-state index in [-0.39, 0.29) is 30.5 Å². The number of nitrogens with one attached hydrogen (secondary N) is 1. The molecule has 1 aromatic carbocycles. The van der Waals surface area contributed by atoms with Gasteiger partial charge < -0.3 is 15.0 Å². The number of aromatic nitrogens is 2. The molecular formula is C18H16N4O4S. The molecule has 2 aromatic heterocycles. The molecule has 0 radical (unpaired) electrons. The lowest BCUT2D eigenvalue weighted by molar-refractivity contribution is -0.128. The van der Waals surface area contributed by atoms with E-state index in [1.54, 1.807) is 35.7 Å². The predicted octanol–water partition coefficient (Wildman–Crippen LogP) is 0.998. The highest BCUT2D eigenvalue weighted by Crippen LogP contribution is 2.33. The van der Waals surface area contributed by atoms with Crippen LogP contribution in [0.3, 0.4) is 0 Å². The summed E-state index contributed by atoms with van der Waals surface area (Å²) in [5.41, 5.74) is 0.929. The van der Waals surface area contributed by atoms with Crippen LogP contribution in [0.5, 0.6) is 5.75 Å². The first-order valence-electron chi connectivity index (χ1n) is 8.29. The van der Waals surface area contributed by atoms with E-state index < -0.39 is 6.10 Å². The van der Waals surface area contributed by atoms with Crippen molar-refractivity contribution in [1.82, 2.24) is 14.9 Å². The van der Waals surface area contributed by atoms with E-state index in [0.29, 0.717) is 21.7 Å². The summed E-state index contributed by atoms with van der Waals surface area (Å²) in [6.07, 6.45) is 0.557. The Morgan fingerprint density at radius 2 is 2.15 bits per heavy atom. The van der Waals surface area contributed by atoms with Crippen LogP contribution in [0.4, 0.5) is 5.69 Å². The quantitative estimate of drug-likeness (QED) is 0.727. The molecule has 0 spiro atoms. The Kier molecular flexibility index (Phi) is 4.36. The number of hydrogen-bond acceptors (Lipinski definition) is 6. The van der Waals surface area contributed by atoms with E-state index >= 15 is 0 Å². The maximum absolute atomic E-state index is 13.0. The van der Waals surface area contributed by atoms with Gasteiger partial charge in [-0.1, -0.05) is 12.1 Å². The van der Waals surface area contributed by atoms with Crippen LogP contribution in [0.15, 0.2) is 46.8 Å². The number of thiophene rings is 1. The van der Waals surface area contributed by atoms with Crippen LogP contribution in [-0.4, -0.2) is 41.1 Å². The van der Waals surface area contributed by atoms with Gasteiger partial charge in [-0.2, -0.15) is 0 Å². The molecule has 8 nitrogen and oxygen atoms in total. The first-order valence-corrected chi connectivity index (χ1v) is 9.16. The van der Waals surface area contributed by atoms with Gasteiger partial charge in [-0.25, -0.2) is 4.98 Å². The molecule has 1 atom stereocenters. The molecule has 1 aliphatic heterocycles. The number of hydrogen-bond donors (Lipinski definition) is 1. The summed E-state index contributed by atoms with van der Waals surface area (Å²) in [6.45, 7) is -0.104. The van der Waals surface area contributed by atoms with Gasteiger partial charge in [-0.15, -0.1) is 11.3 Å². The fourth-order valence-electron chi connectivity index (χ4n) is 2.99. The third-order valence-corrected chi connectivity index (χ3v) is 5.25. The zero-order chi connectivity index (χ0) is 19.0. The number of nitrogens with zero attached hydrogens (tertiary/aromatic N) is 3. The fraction of sp³-hybridized carbons (Fsp3) is 0.222. The number of carbonyl (C=O) groups excluding carboxylic acids is 2. The summed E-state index contributed by atoms with van der Waals surface area (Å²) in [4.78, 5) is 43.2. The van der Waals surface area contributed by atoms with Crippen LogP contribution in [0.25, 0.3) is 10.2 Å². The summed E-state index contributed by atoms with van der Waals surface area (Å²) in [5.74, 6) is -0.189. The van der Waals surface area contributed by atoms with Gasteiger partial charge in [-0.05, 0) is 23.6 Å². The second-order valence-corrected chi connectivity index (χ2v) is 6.92. The highest BCUT2D eigenvalue weighted by Gasteiger charge is 2.33. The molecule has 9 heteroatoms. The number of likely N-dealkylation sites (N-methyl/N-ethyl adjacent to an activating group) is 1. The molecule has 4 rings (SSSR count). The van der Waals surface area contributed by atoms with Gasteiger partial charge in [0.05, 0.1) is 24.1 Å². The van der Waals surface area contributed by atoms with Crippen LogP contribution >= 0.6 is 11.3 Å². The number of anilines is 1. The minimum Gasteiger partial charge on any atom is -0.477 e. The lowest BCUT2D eigenvalue weighted by atomic mass is 10.1. The summed E-state index contributed by atoms with van der Waals surface area (Å²) >= 11 is 1.29. The van der Waals surface area contributed by atoms with Gasteiger partial charge in [0.2, 0.25) is 5.91 Å². The van der Waals surface area contributed by atoms with Crippen molar-refractivity contribution in [2.45, 2.75) is 12.6 Å². The molecule has 138 valence electrons. The van der Waals surface area contributed by atoms with Crippen molar-refractivity contribution in [3.63, 3.8) is 0 Å². The van der Waals surface area contributed by atoms with E-state index in [0.717, 1.165) is 0 Å². The molecule has 0 bridgehead atoms. The molecule has 27 heavy (non-hydrogen) atoms. The average Bonchev–Trinajstić information content (AvgIpc) is 3.18. The minimum atomic E-state index is -0.816. The zero-order valence-corrected chi connectivity index (χ0v) is 15.2. The maximum atomic E-state index is 13.0. The number of fused-ring (bicyclic) bond motifs is 2. The molecule has 1 aliphatic rings. The predicted molar refractivity (Wildman–Crippen MR) is 101 cm³/mol. The van der Waals surface area contributed by atoms with Crippen molar-refractivity contribution >= 4 is 39.1 Å². The number of amides is 2. The molecular weight excluding hydrogens is 368 g/mol. The van der Waals surface area contributed by atoms with Crippen LogP contribution in [0, 0.1) is 0 Å². The minimum absolute atomic E-state index is 0.0684. The molecule has 0 fully saturated rings. The first-order chi connectivity index (χ1) is 13.1. The molecule has 2 amide bonds. The van der Waals surface area contributed by atoms with Crippen molar-refractivity contribution in [3.05, 3.63) is 52.4 Å². The third-order valence-electron chi connectivity index (χ3n) is 4.35. The lowest BCUT2D eigenvalue weighted by Gasteiger charge is -2.34. The standard InChI is InChI=1S/C18H16N4O4S/c1-19-17(24)14-8-22(12-4-2-3-5-13(12)26-14)15(23)9-21-10-20-11-6-7-27-16(11)18(21)25/h2-7,10,14H,8-9H2,1H3,(H,19,24)/t14-/m0/s1. The summed E-state index contributed by atoms with van der Waals surface area (Å²) in [7, 11) is 1.51. The van der Waals surface area contributed by atoms with Crippen molar-refractivity contribution in [3.8, 4) is 5.75 Å². The molecule has 1 N–H and O–H groups in total. The number of rotatable bonds is 3. The van der Waals surface area contributed by atoms with Gasteiger partial charge in [0.25, 0.3) is 11.5 Å². The van der Waals surface area contributed by atoms with Gasteiger partial charge >= 0.3 is 0 Å². The number of para-hydroxylation sites is 2. The molecule has 3 aromatic rings. The largest absolute Gasteiger partial charge is 0.477 e.